The number of ketones is 1. The summed E-state index contributed by atoms with van der Waals surface area (Å²) in [6, 6.07) is 11.7. The number of carbonyl (C=O) groups is 1. The number of ether oxygens (including phenoxy) is 2. The SMILES string of the molecule is COc1ccc(COc2cccc(F)c2C(=O)C=CN(C)C)cc1. The molecule has 2 rings (SSSR count). The van der Waals surface area contributed by atoms with E-state index in [1.54, 1.807) is 38.4 Å². The minimum atomic E-state index is -0.601. The molecule has 0 aliphatic carbocycles. The Morgan fingerprint density at radius 1 is 1.17 bits per heavy atom. The fraction of sp³-hybridized carbons (Fsp3) is 0.211. The van der Waals surface area contributed by atoms with Crippen molar-refractivity contribution in [2.75, 3.05) is 21.2 Å². The third-order valence-electron chi connectivity index (χ3n) is 3.30. The lowest BCUT2D eigenvalue weighted by Crippen LogP contribution is -2.07. The molecule has 0 aliphatic heterocycles. The highest BCUT2D eigenvalue weighted by Gasteiger charge is 2.16. The van der Waals surface area contributed by atoms with E-state index in [1.807, 2.05) is 24.3 Å². The van der Waals surface area contributed by atoms with Crippen LogP contribution < -0.4 is 9.47 Å². The number of carbonyl (C=O) groups excluding carboxylic acids is 1. The lowest BCUT2D eigenvalue weighted by atomic mass is 10.1. The van der Waals surface area contributed by atoms with Crippen molar-refractivity contribution in [2.45, 2.75) is 6.61 Å². The zero-order valence-corrected chi connectivity index (χ0v) is 14.0. The van der Waals surface area contributed by atoms with E-state index in [0.29, 0.717) is 0 Å². The van der Waals surface area contributed by atoms with E-state index in [2.05, 4.69) is 0 Å². The highest BCUT2D eigenvalue weighted by Crippen LogP contribution is 2.24. The predicted molar refractivity (Wildman–Crippen MR) is 90.9 cm³/mol. The van der Waals surface area contributed by atoms with Gasteiger partial charge in [-0.3, -0.25) is 4.79 Å². The molecule has 0 saturated carbocycles. The third kappa shape index (κ3) is 4.59. The first-order chi connectivity index (χ1) is 11.5. The van der Waals surface area contributed by atoms with E-state index in [4.69, 9.17) is 9.47 Å². The quantitative estimate of drug-likeness (QED) is 0.574. The van der Waals surface area contributed by atoms with Crippen molar-refractivity contribution in [1.29, 1.82) is 0 Å². The van der Waals surface area contributed by atoms with Crippen LogP contribution in [0.3, 0.4) is 0 Å². The topological polar surface area (TPSA) is 38.8 Å². The van der Waals surface area contributed by atoms with Gasteiger partial charge in [0.05, 0.1) is 12.7 Å². The molecule has 2 aromatic carbocycles. The lowest BCUT2D eigenvalue weighted by Gasteiger charge is -2.11. The van der Waals surface area contributed by atoms with Gasteiger partial charge in [0.15, 0.2) is 5.78 Å². The molecule has 0 aromatic heterocycles. The molecule has 4 nitrogen and oxygen atoms in total. The standard InChI is InChI=1S/C19H20FNO3/c1-21(2)12-11-17(22)19-16(20)5-4-6-18(19)24-13-14-7-9-15(23-3)10-8-14/h4-12H,13H2,1-3H3. The Morgan fingerprint density at radius 3 is 2.50 bits per heavy atom. The summed E-state index contributed by atoms with van der Waals surface area (Å²) in [4.78, 5) is 13.9. The van der Waals surface area contributed by atoms with Crippen molar-refractivity contribution in [3.8, 4) is 11.5 Å². The van der Waals surface area contributed by atoms with Gasteiger partial charge in [-0.1, -0.05) is 18.2 Å². The fourth-order valence-corrected chi connectivity index (χ4v) is 2.05. The van der Waals surface area contributed by atoms with Gasteiger partial charge in [0.25, 0.3) is 0 Å². The molecule has 0 heterocycles. The zero-order chi connectivity index (χ0) is 17.5. The van der Waals surface area contributed by atoms with Gasteiger partial charge in [-0.25, -0.2) is 4.39 Å². The van der Waals surface area contributed by atoms with Crippen LogP contribution in [0.2, 0.25) is 0 Å². The molecule has 0 saturated heterocycles. The van der Waals surface area contributed by atoms with Crippen LogP contribution in [0.1, 0.15) is 15.9 Å². The highest BCUT2D eigenvalue weighted by atomic mass is 19.1. The van der Waals surface area contributed by atoms with Crippen LogP contribution in [-0.2, 0) is 6.61 Å². The Hall–Kier alpha value is -2.82. The van der Waals surface area contributed by atoms with Gasteiger partial charge in [0.1, 0.15) is 23.9 Å². The molecular weight excluding hydrogens is 309 g/mol. The van der Waals surface area contributed by atoms with Gasteiger partial charge in [-0.05, 0) is 29.8 Å². The van der Waals surface area contributed by atoms with Crippen molar-refractivity contribution >= 4 is 5.78 Å². The maximum atomic E-state index is 14.1. The van der Waals surface area contributed by atoms with Crippen LogP contribution >= 0.6 is 0 Å². The van der Waals surface area contributed by atoms with Crippen LogP contribution in [-0.4, -0.2) is 31.9 Å². The maximum Gasteiger partial charge on any atom is 0.193 e. The van der Waals surface area contributed by atoms with Gasteiger partial charge in [0, 0.05) is 26.4 Å². The number of benzene rings is 2. The Balaban J connectivity index is 2.17. The number of nitrogens with zero attached hydrogens (tertiary/aromatic N) is 1. The van der Waals surface area contributed by atoms with Crippen LogP contribution in [0.15, 0.2) is 54.7 Å². The number of hydrogen-bond donors (Lipinski definition) is 0. The van der Waals surface area contributed by atoms with Gasteiger partial charge in [0.2, 0.25) is 0 Å². The molecule has 0 bridgehead atoms. The first kappa shape index (κ1) is 17.5. The Labute approximate surface area is 141 Å². The number of halogens is 1. The molecule has 0 amide bonds. The molecule has 0 spiro atoms. The summed E-state index contributed by atoms with van der Waals surface area (Å²) in [5.74, 6) is -0.0735. The van der Waals surface area contributed by atoms with Gasteiger partial charge < -0.3 is 14.4 Å². The van der Waals surface area contributed by atoms with Gasteiger partial charge in [-0.15, -0.1) is 0 Å². The number of methoxy groups -OCH3 is 1. The summed E-state index contributed by atoms with van der Waals surface area (Å²) in [6.45, 7) is 0.227. The number of hydrogen-bond acceptors (Lipinski definition) is 4. The highest BCUT2D eigenvalue weighted by molar-refractivity contribution is 6.06. The van der Waals surface area contributed by atoms with E-state index >= 15 is 0 Å². The van der Waals surface area contributed by atoms with Crippen molar-refractivity contribution in [1.82, 2.24) is 4.90 Å². The van der Waals surface area contributed by atoms with Crippen molar-refractivity contribution < 1.29 is 18.7 Å². The minimum absolute atomic E-state index is 0.0656. The molecule has 2 aromatic rings. The third-order valence-corrected chi connectivity index (χ3v) is 3.30. The van der Waals surface area contributed by atoms with Crippen LogP contribution in [0.25, 0.3) is 0 Å². The van der Waals surface area contributed by atoms with Crippen LogP contribution in [0.5, 0.6) is 11.5 Å². The smallest absolute Gasteiger partial charge is 0.193 e. The summed E-state index contributed by atoms with van der Waals surface area (Å²) in [7, 11) is 5.16. The van der Waals surface area contributed by atoms with E-state index in [9.17, 15) is 9.18 Å². The molecule has 0 radical (unpaired) electrons. The van der Waals surface area contributed by atoms with Crippen LogP contribution in [0, 0.1) is 5.82 Å². The van der Waals surface area contributed by atoms with Gasteiger partial charge in [-0.2, -0.15) is 0 Å². The summed E-state index contributed by atoms with van der Waals surface area (Å²) in [5.41, 5.74) is 0.825. The summed E-state index contributed by atoms with van der Waals surface area (Å²) < 4.78 is 24.8. The Morgan fingerprint density at radius 2 is 1.88 bits per heavy atom. The Kier molecular flexibility index (Phi) is 5.95. The molecule has 0 N–H and O–H groups in total. The maximum absolute atomic E-state index is 14.1. The second-order valence-electron chi connectivity index (χ2n) is 5.39. The zero-order valence-electron chi connectivity index (χ0n) is 14.0. The number of rotatable bonds is 7. The van der Waals surface area contributed by atoms with Crippen molar-refractivity contribution in [2.24, 2.45) is 0 Å². The molecule has 126 valence electrons. The predicted octanol–water partition coefficient (Wildman–Crippen LogP) is 3.67. The molecular formula is C19H20FNO3. The second kappa shape index (κ2) is 8.15. The van der Waals surface area contributed by atoms with E-state index in [-0.39, 0.29) is 17.9 Å². The van der Waals surface area contributed by atoms with E-state index in [0.717, 1.165) is 11.3 Å². The number of allylic oxidation sites excluding steroid dienone is 1. The van der Waals surface area contributed by atoms with Gasteiger partial charge >= 0.3 is 0 Å². The second-order valence-corrected chi connectivity index (χ2v) is 5.39. The van der Waals surface area contributed by atoms with Crippen molar-refractivity contribution in [3.63, 3.8) is 0 Å². The summed E-state index contributed by atoms with van der Waals surface area (Å²) in [5, 5.41) is 0. The molecule has 5 heteroatoms. The molecule has 0 aliphatic rings. The molecule has 0 unspecified atom stereocenters. The van der Waals surface area contributed by atoms with E-state index in [1.165, 1.54) is 18.2 Å². The van der Waals surface area contributed by atoms with Crippen molar-refractivity contribution in [3.05, 3.63) is 71.7 Å². The first-order valence-electron chi connectivity index (χ1n) is 7.44. The Bertz CT molecular complexity index is 724. The normalized spacial score (nSPS) is 10.7. The summed E-state index contributed by atoms with van der Waals surface area (Å²) >= 11 is 0. The molecule has 0 fully saturated rings. The minimum Gasteiger partial charge on any atom is -0.497 e. The fourth-order valence-electron chi connectivity index (χ4n) is 2.05. The molecule has 0 atom stereocenters. The average molecular weight is 329 g/mol. The summed E-state index contributed by atoms with van der Waals surface area (Å²) in [6.07, 6.45) is 2.89. The first-order valence-corrected chi connectivity index (χ1v) is 7.44. The average Bonchev–Trinajstić information content (AvgIpc) is 2.58. The van der Waals surface area contributed by atoms with E-state index < -0.39 is 11.6 Å². The largest absolute Gasteiger partial charge is 0.497 e. The molecule has 24 heavy (non-hydrogen) atoms. The monoisotopic (exact) mass is 329 g/mol. The lowest BCUT2D eigenvalue weighted by molar-refractivity contribution is 0.103. The van der Waals surface area contributed by atoms with Crippen LogP contribution in [0.4, 0.5) is 4.39 Å².